The minimum absolute atomic E-state index is 0.212. The molecule has 0 radical (unpaired) electrons. The molecule has 3 heteroatoms. The largest absolute Gasteiger partial charge is 0.234 e. The van der Waals surface area contributed by atoms with Gasteiger partial charge in [-0.15, -0.1) is 0 Å². The van der Waals surface area contributed by atoms with Crippen molar-refractivity contribution in [3.05, 3.63) is 0 Å². The van der Waals surface area contributed by atoms with Crippen molar-refractivity contribution in [1.29, 1.82) is 0 Å². The average molecular weight is 227 g/mol. The number of hydrogen-bond donors (Lipinski definition) is 0. The Kier molecular flexibility index (Phi) is 3.02. The summed E-state index contributed by atoms with van der Waals surface area (Å²) >= 11 is 0. The van der Waals surface area contributed by atoms with Gasteiger partial charge in [0.05, 0.1) is 4.75 Å². The van der Waals surface area contributed by atoms with Crippen molar-refractivity contribution in [3.63, 3.8) is 0 Å². The predicted molar refractivity (Wildman–Crippen MR) is 65.3 cm³/mol. The van der Waals surface area contributed by atoms with Gasteiger partial charge in [0.15, 0.2) is 0 Å². The molecule has 0 spiro atoms. The van der Waals surface area contributed by atoms with Crippen LogP contribution in [0.15, 0.2) is 4.40 Å². The molecule has 0 aromatic heterocycles. The molecule has 2 fully saturated rings. The van der Waals surface area contributed by atoms with Crippen LogP contribution < -0.4 is 0 Å². The first-order valence-electron chi connectivity index (χ1n) is 5.96. The summed E-state index contributed by atoms with van der Waals surface area (Å²) in [6.45, 7) is 5.92. The topological polar surface area (TPSA) is 29.4 Å². The highest BCUT2D eigenvalue weighted by atomic mass is 32.2. The van der Waals surface area contributed by atoms with Crippen molar-refractivity contribution in [2.24, 2.45) is 22.2 Å². The zero-order valence-electron chi connectivity index (χ0n) is 9.90. The van der Waals surface area contributed by atoms with E-state index >= 15 is 0 Å². The van der Waals surface area contributed by atoms with Crippen LogP contribution >= 0.6 is 0 Å². The average Bonchev–Trinajstić information content (AvgIpc) is 2.86. The summed E-state index contributed by atoms with van der Waals surface area (Å²) in [6.07, 6.45) is 7.48. The molecule has 0 aliphatic heterocycles. The molecule has 86 valence electrons. The van der Waals surface area contributed by atoms with Crippen LogP contribution in [0, 0.1) is 17.8 Å². The van der Waals surface area contributed by atoms with Crippen molar-refractivity contribution >= 4 is 17.2 Å². The molecule has 3 unspecified atom stereocenters. The molecule has 2 nitrogen and oxygen atoms in total. The van der Waals surface area contributed by atoms with Crippen LogP contribution in [0.2, 0.25) is 0 Å². The maximum atomic E-state index is 11.7. The van der Waals surface area contributed by atoms with Gasteiger partial charge in [-0.1, -0.05) is 12.8 Å². The van der Waals surface area contributed by atoms with Gasteiger partial charge in [-0.3, -0.25) is 0 Å². The van der Waals surface area contributed by atoms with Gasteiger partial charge < -0.3 is 0 Å². The lowest BCUT2D eigenvalue weighted by Crippen LogP contribution is -2.19. The second-order valence-electron chi connectivity index (χ2n) is 5.81. The van der Waals surface area contributed by atoms with Crippen molar-refractivity contribution in [1.82, 2.24) is 0 Å². The summed E-state index contributed by atoms with van der Waals surface area (Å²) < 4.78 is 15.7. The fourth-order valence-electron chi connectivity index (χ4n) is 2.55. The third-order valence-corrected chi connectivity index (χ3v) is 4.94. The molecule has 0 amide bonds. The maximum Gasteiger partial charge on any atom is 0.144 e. The first-order chi connectivity index (χ1) is 7.00. The Labute approximate surface area is 95.1 Å². The molecule has 0 heterocycles. The Bertz CT molecular complexity index is 280. The molecular weight excluding hydrogens is 206 g/mol. The van der Waals surface area contributed by atoms with Crippen LogP contribution in [0.3, 0.4) is 0 Å². The molecule has 3 atom stereocenters. The highest BCUT2D eigenvalue weighted by Gasteiger charge is 2.49. The lowest BCUT2D eigenvalue weighted by atomic mass is 10.0. The van der Waals surface area contributed by atoms with E-state index in [9.17, 15) is 4.21 Å². The summed E-state index contributed by atoms with van der Waals surface area (Å²) in [7, 11) is -1.06. The van der Waals surface area contributed by atoms with Crippen molar-refractivity contribution < 1.29 is 4.21 Å². The molecule has 2 aliphatic carbocycles. The monoisotopic (exact) mass is 227 g/mol. The van der Waals surface area contributed by atoms with E-state index in [0.717, 1.165) is 11.8 Å². The van der Waals surface area contributed by atoms with Gasteiger partial charge >= 0.3 is 0 Å². The van der Waals surface area contributed by atoms with Gasteiger partial charge in [0.1, 0.15) is 11.0 Å². The quantitative estimate of drug-likeness (QED) is 0.667. The maximum absolute atomic E-state index is 11.7. The molecule has 0 aromatic carbocycles. The van der Waals surface area contributed by atoms with E-state index in [-0.39, 0.29) is 4.75 Å². The molecular formula is C12H21NOS. The van der Waals surface area contributed by atoms with Crippen LogP contribution in [0.5, 0.6) is 0 Å². The van der Waals surface area contributed by atoms with Gasteiger partial charge in [0, 0.05) is 12.1 Å². The summed E-state index contributed by atoms with van der Waals surface area (Å²) in [6, 6.07) is 0. The summed E-state index contributed by atoms with van der Waals surface area (Å²) in [4.78, 5) is 0. The Morgan fingerprint density at radius 3 is 2.20 bits per heavy atom. The minimum Gasteiger partial charge on any atom is -0.234 e. The van der Waals surface area contributed by atoms with E-state index in [1.165, 1.54) is 25.7 Å². The number of nitrogens with zero attached hydrogens (tertiary/aromatic N) is 1. The Morgan fingerprint density at radius 1 is 1.20 bits per heavy atom. The molecule has 15 heavy (non-hydrogen) atoms. The zero-order valence-corrected chi connectivity index (χ0v) is 10.7. The van der Waals surface area contributed by atoms with Gasteiger partial charge in [0.2, 0.25) is 0 Å². The Morgan fingerprint density at radius 2 is 1.73 bits per heavy atom. The molecule has 2 rings (SSSR count). The van der Waals surface area contributed by atoms with Crippen molar-refractivity contribution in [2.75, 3.05) is 0 Å². The third-order valence-electron chi connectivity index (χ3n) is 3.58. The van der Waals surface area contributed by atoms with Gasteiger partial charge in [-0.05, 0) is 45.4 Å². The highest BCUT2D eigenvalue weighted by Crippen LogP contribution is 2.54. The van der Waals surface area contributed by atoms with E-state index in [0.29, 0.717) is 5.92 Å². The molecule has 2 saturated carbocycles. The fraction of sp³-hybridized carbons (Fsp3) is 0.917. The van der Waals surface area contributed by atoms with E-state index in [2.05, 4.69) is 4.40 Å². The first-order valence-corrected chi connectivity index (χ1v) is 7.07. The lowest BCUT2D eigenvalue weighted by molar-refractivity contribution is 0.480. The fourth-order valence-corrected chi connectivity index (χ4v) is 3.12. The smallest absolute Gasteiger partial charge is 0.144 e. The Hall–Kier alpha value is -0.180. The van der Waals surface area contributed by atoms with E-state index in [1.807, 2.05) is 27.0 Å². The second kappa shape index (κ2) is 4.00. The minimum atomic E-state index is -1.06. The van der Waals surface area contributed by atoms with E-state index < -0.39 is 11.0 Å². The van der Waals surface area contributed by atoms with Crippen molar-refractivity contribution in [3.8, 4) is 0 Å². The van der Waals surface area contributed by atoms with Crippen LogP contribution in [-0.4, -0.2) is 15.2 Å². The second-order valence-corrected chi connectivity index (χ2v) is 7.74. The SMILES string of the molecule is CC(C)(C)S(=O)N=CC1C2CCCCC12. The summed E-state index contributed by atoms with van der Waals surface area (Å²) in [5.41, 5.74) is 0. The molecule has 0 N–H and O–H groups in total. The predicted octanol–water partition coefficient (Wildman–Crippen LogP) is 2.96. The van der Waals surface area contributed by atoms with Gasteiger partial charge in [0.25, 0.3) is 0 Å². The van der Waals surface area contributed by atoms with Crippen LogP contribution in [0.25, 0.3) is 0 Å². The van der Waals surface area contributed by atoms with E-state index in [4.69, 9.17) is 0 Å². The van der Waals surface area contributed by atoms with Gasteiger partial charge in [-0.2, -0.15) is 4.40 Å². The summed E-state index contributed by atoms with van der Waals surface area (Å²) in [5.74, 6) is 2.40. The zero-order chi connectivity index (χ0) is 11.1. The van der Waals surface area contributed by atoms with Crippen LogP contribution in [-0.2, 0) is 11.0 Å². The number of fused-ring (bicyclic) bond motifs is 1. The standard InChI is InChI=1S/C12H21NOS/c1-12(2,3)15(14)13-8-11-9-6-4-5-7-10(9)11/h8-11H,4-7H2,1-3H3. The normalized spacial score (nSPS) is 37.7. The number of hydrogen-bond acceptors (Lipinski definition) is 1. The van der Waals surface area contributed by atoms with Gasteiger partial charge in [-0.25, -0.2) is 4.21 Å². The van der Waals surface area contributed by atoms with Crippen LogP contribution in [0.1, 0.15) is 46.5 Å². The molecule has 2 aliphatic rings. The third kappa shape index (κ3) is 2.49. The van der Waals surface area contributed by atoms with Crippen LogP contribution in [0.4, 0.5) is 0 Å². The molecule has 0 bridgehead atoms. The molecule has 0 saturated heterocycles. The number of rotatable bonds is 2. The summed E-state index contributed by atoms with van der Waals surface area (Å²) in [5, 5.41) is 0. The van der Waals surface area contributed by atoms with Crippen molar-refractivity contribution in [2.45, 2.75) is 51.2 Å². The first kappa shape index (κ1) is 11.3. The molecule has 0 aromatic rings. The highest BCUT2D eigenvalue weighted by molar-refractivity contribution is 7.85. The Balaban J connectivity index is 1.88. The lowest BCUT2D eigenvalue weighted by Gasteiger charge is -2.12. The van der Waals surface area contributed by atoms with E-state index in [1.54, 1.807) is 0 Å².